The second-order valence-corrected chi connectivity index (χ2v) is 24.4. The van der Waals surface area contributed by atoms with E-state index in [0.29, 0.717) is 11.7 Å². The van der Waals surface area contributed by atoms with Gasteiger partial charge in [0.2, 0.25) is 0 Å². The van der Waals surface area contributed by atoms with Crippen molar-refractivity contribution in [2.45, 2.75) is 103 Å². The summed E-state index contributed by atoms with van der Waals surface area (Å²) in [5.41, 5.74) is 2.99. The first kappa shape index (κ1) is 27.6. The number of unbranched alkanes of at least 4 members (excludes halogenated alkanes) is 3. The third-order valence-electron chi connectivity index (χ3n) is 7.49. The predicted octanol–water partition coefficient (Wildman–Crippen LogP) is 8.26. The van der Waals surface area contributed by atoms with Crippen LogP contribution in [0.4, 0.5) is 0 Å². The van der Waals surface area contributed by atoms with Crippen LogP contribution in [0.25, 0.3) is 0 Å². The molecule has 0 spiro atoms. The van der Waals surface area contributed by atoms with Crippen LogP contribution in [0, 0.1) is 5.92 Å². The molecule has 0 aromatic heterocycles. The van der Waals surface area contributed by atoms with Gasteiger partial charge in [0.05, 0.1) is 0 Å². The molecule has 2 rings (SSSR count). The van der Waals surface area contributed by atoms with Crippen molar-refractivity contribution < 1.29 is 4.79 Å². The Morgan fingerprint density at radius 3 is 2.12 bits per heavy atom. The number of nitrogens with zero attached hydrogens (tertiary/aromatic N) is 1. The van der Waals surface area contributed by atoms with Crippen LogP contribution >= 0.6 is 0 Å². The summed E-state index contributed by atoms with van der Waals surface area (Å²) < 4.78 is 6.12. The van der Waals surface area contributed by atoms with Crippen molar-refractivity contribution in [3.8, 4) is 0 Å². The molecule has 1 aliphatic heterocycles. The van der Waals surface area contributed by atoms with E-state index in [2.05, 4.69) is 62.1 Å². The molecule has 0 saturated carbocycles. The second kappa shape index (κ2) is 15.3. The van der Waals surface area contributed by atoms with Gasteiger partial charge >= 0.3 is 204 Å². The first-order valence-electron chi connectivity index (χ1n) is 13.5. The third kappa shape index (κ3) is 9.71. The van der Waals surface area contributed by atoms with Crippen LogP contribution < -0.4 is 0 Å². The second-order valence-electron chi connectivity index (χ2n) is 10.4. The normalized spacial score (nSPS) is 18.9. The van der Waals surface area contributed by atoms with Crippen LogP contribution in [-0.4, -0.2) is 42.1 Å². The average Bonchev–Trinajstić information content (AvgIpc) is 2.80. The van der Waals surface area contributed by atoms with Gasteiger partial charge in [-0.1, -0.05) is 0 Å². The minimum atomic E-state index is -2.18. The molecule has 1 aromatic carbocycles. The van der Waals surface area contributed by atoms with Gasteiger partial charge < -0.3 is 0 Å². The van der Waals surface area contributed by atoms with Crippen LogP contribution in [0.3, 0.4) is 0 Å². The van der Waals surface area contributed by atoms with Crippen molar-refractivity contribution in [2.75, 3.05) is 13.1 Å². The van der Waals surface area contributed by atoms with Crippen molar-refractivity contribution >= 4 is 24.2 Å². The van der Waals surface area contributed by atoms with E-state index in [4.69, 9.17) is 0 Å². The van der Waals surface area contributed by atoms with Gasteiger partial charge in [0.15, 0.2) is 0 Å². The molecule has 180 valence electrons. The van der Waals surface area contributed by atoms with Crippen molar-refractivity contribution in [1.82, 2.24) is 4.90 Å². The van der Waals surface area contributed by atoms with Crippen molar-refractivity contribution in [3.05, 3.63) is 47.5 Å². The standard InChI is InChI=1S/C17H22NO.3C4H9.Sn/c1-3-16-13-18(10-9-17(16)11-14(2)19)12-15-7-5-4-6-8-15;3*1-3-4-2;/h3-8,17H,1,9-13H2,2H3;3*1,3-4H2,2H3;/b16-3+;;;;. The zero-order chi connectivity index (χ0) is 23.2. The number of piperidine rings is 1. The SMILES string of the molecule is CCC[CH2][Sn]([CH2]/C=C1\CN(Cc2ccccc2)CCC1CC(C)=O)([CH2]CCC)[CH2]CCC. The molecule has 1 saturated heterocycles. The van der Waals surface area contributed by atoms with Gasteiger partial charge in [-0.15, -0.1) is 0 Å². The Morgan fingerprint density at radius 1 is 1.00 bits per heavy atom. The van der Waals surface area contributed by atoms with Gasteiger partial charge in [-0.05, 0) is 0 Å². The van der Waals surface area contributed by atoms with Crippen LogP contribution in [0.2, 0.25) is 17.7 Å². The fourth-order valence-electron chi connectivity index (χ4n) is 5.46. The zero-order valence-electron chi connectivity index (χ0n) is 21.5. The number of allylic oxidation sites excluding steroid dienone is 1. The number of hydrogen-bond acceptors (Lipinski definition) is 2. The van der Waals surface area contributed by atoms with Crippen LogP contribution in [-0.2, 0) is 11.3 Å². The first-order valence-corrected chi connectivity index (χ1v) is 21.5. The average molecular weight is 546 g/mol. The summed E-state index contributed by atoms with van der Waals surface area (Å²) in [7, 11) is 0. The van der Waals surface area contributed by atoms with Crippen LogP contribution in [0.15, 0.2) is 42.0 Å². The molecule has 0 amide bonds. The van der Waals surface area contributed by atoms with E-state index in [-0.39, 0.29) is 0 Å². The molecular formula is C29H49NOSn. The number of hydrogen-bond donors (Lipinski definition) is 0. The van der Waals surface area contributed by atoms with Crippen molar-refractivity contribution in [1.29, 1.82) is 0 Å². The fraction of sp³-hybridized carbons (Fsp3) is 0.690. The molecule has 3 heteroatoms. The van der Waals surface area contributed by atoms with Crippen molar-refractivity contribution in [3.63, 3.8) is 0 Å². The third-order valence-corrected chi connectivity index (χ3v) is 22.6. The molecule has 1 fully saturated rings. The number of benzene rings is 1. The topological polar surface area (TPSA) is 20.3 Å². The van der Waals surface area contributed by atoms with Gasteiger partial charge in [-0.3, -0.25) is 0 Å². The number of carbonyl (C=O) groups excluding carboxylic acids is 1. The Balaban J connectivity index is 2.20. The summed E-state index contributed by atoms with van der Waals surface area (Å²) in [5.74, 6) is 0.835. The number of ketones is 1. The molecule has 0 aliphatic carbocycles. The predicted molar refractivity (Wildman–Crippen MR) is 143 cm³/mol. The Hall–Kier alpha value is -0.611. The molecular weight excluding hydrogens is 497 g/mol. The molecule has 2 nitrogen and oxygen atoms in total. The Kier molecular flexibility index (Phi) is 13.2. The molecule has 0 radical (unpaired) electrons. The van der Waals surface area contributed by atoms with Gasteiger partial charge in [0, 0.05) is 0 Å². The molecule has 1 atom stereocenters. The summed E-state index contributed by atoms with van der Waals surface area (Å²) in [4.78, 5) is 14.6. The fourth-order valence-corrected chi connectivity index (χ4v) is 20.8. The van der Waals surface area contributed by atoms with Crippen LogP contribution in [0.1, 0.15) is 84.6 Å². The van der Waals surface area contributed by atoms with E-state index in [1.165, 1.54) is 48.5 Å². The maximum atomic E-state index is 12.0. The van der Waals surface area contributed by atoms with E-state index in [9.17, 15) is 4.79 Å². The van der Waals surface area contributed by atoms with Gasteiger partial charge in [-0.2, -0.15) is 0 Å². The molecule has 1 aliphatic rings. The zero-order valence-corrected chi connectivity index (χ0v) is 24.4. The molecule has 1 unspecified atom stereocenters. The molecule has 0 bridgehead atoms. The van der Waals surface area contributed by atoms with Crippen molar-refractivity contribution in [2.24, 2.45) is 5.92 Å². The van der Waals surface area contributed by atoms with Gasteiger partial charge in [-0.25, -0.2) is 0 Å². The van der Waals surface area contributed by atoms with E-state index in [0.717, 1.165) is 32.5 Å². The summed E-state index contributed by atoms with van der Waals surface area (Å²) in [5, 5.41) is 0. The van der Waals surface area contributed by atoms with Gasteiger partial charge in [0.25, 0.3) is 0 Å². The summed E-state index contributed by atoms with van der Waals surface area (Å²) >= 11 is -2.18. The number of Topliss-reactive ketones (excluding diaryl/α,β-unsaturated/α-hetero) is 1. The molecule has 1 aromatic rings. The maximum absolute atomic E-state index is 12.0. The molecule has 1 heterocycles. The Morgan fingerprint density at radius 2 is 1.59 bits per heavy atom. The minimum absolute atomic E-state index is 0.357. The van der Waals surface area contributed by atoms with E-state index in [1.54, 1.807) is 25.8 Å². The monoisotopic (exact) mass is 547 g/mol. The Bertz CT molecular complexity index is 662. The number of rotatable bonds is 15. The van der Waals surface area contributed by atoms with Gasteiger partial charge in [0.1, 0.15) is 0 Å². The van der Waals surface area contributed by atoms with E-state index >= 15 is 0 Å². The summed E-state index contributed by atoms with van der Waals surface area (Å²) in [6, 6.07) is 10.9. The molecule has 0 N–H and O–H groups in total. The first-order chi connectivity index (χ1) is 15.5. The summed E-state index contributed by atoms with van der Waals surface area (Å²) in [6.07, 6.45) is 12.9. The summed E-state index contributed by atoms with van der Waals surface area (Å²) in [6.45, 7) is 12.1. The molecule has 32 heavy (non-hydrogen) atoms. The van der Waals surface area contributed by atoms with Crippen LogP contribution in [0.5, 0.6) is 0 Å². The number of carbonyl (C=O) groups is 1. The number of likely N-dealkylation sites (tertiary alicyclic amines) is 1. The van der Waals surface area contributed by atoms with E-state index in [1.807, 2.05) is 0 Å². The Labute approximate surface area is 203 Å². The van der Waals surface area contributed by atoms with E-state index < -0.39 is 18.4 Å². The quantitative estimate of drug-likeness (QED) is 0.163.